The van der Waals surface area contributed by atoms with E-state index in [1.54, 1.807) is 0 Å². The van der Waals surface area contributed by atoms with Gasteiger partial charge in [-0.3, -0.25) is 0 Å². The first-order chi connectivity index (χ1) is 6.66. The number of nitriles is 1. The van der Waals surface area contributed by atoms with Gasteiger partial charge in [-0.25, -0.2) is 0 Å². The monoisotopic (exact) mass is 189 g/mol. The fourth-order valence-corrected chi connectivity index (χ4v) is 1.34. The maximum absolute atomic E-state index is 8.48. The van der Waals surface area contributed by atoms with Crippen molar-refractivity contribution in [2.75, 3.05) is 24.2 Å². The molecule has 3 nitrogen and oxygen atoms in total. The Morgan fingerprint density at radius 2 is 2.21 bits per heavy atom. The number of rotatable bonds is 3. The van der Waals surface area contributed by atoms with Gasteiger partial charge in [-0.1, -0.05) is 12.1 Å². The minimum atomic E-state index is 0.518. The molecule has 3 heteroatoms. The highest BCUT2D eigenvalue weighted by Crippen LogP contribution is 2.24. The van der Waals surface area contributed by atoms with E-state index >= 15 is 0 Å². The normalized spacial score (nSPS) is 9.50. The van der Waals surface area contributed by atoms with Crippen LogP contribution in [-0.2, 0) is 0 Å². The highest BCUT2D eigenvalue weighted by atomic mass is 15.1. The van der Waals surface area contributed by atoms with Crippen molar-refractivity contribution in [3.8, 4) is 6.07 Å². The molecule has 0 unspecified atom stereocenters. The average Bonchev–Trinajstić information content (AvgIpc) is 2.18. The Morgan fingerprint density at radius 1 is 1.50 bits per heavy atom. The van der Waals surface area contributed by atoms with E-state index in [-0.39, 0.29) is 0 Å². The van der Waals surface area contributed by atoms with Crippen molar-refractivity contribution in [1.82, 2.24) is 0 Å². The number of anilines is 2. The van der Waals surface area contributed by atoms with Crippen molar-refractivity contribution in [2.45, 2.75) is 13.3 Å². The Bertz CT molecular complexity index is 352. The molecule has 0 aliphatic heterocycles. The molecule has 2 N–H and O–H groups in total. The lowest BCUT2D eigenvalue weighted by molar-refractivity contribution is 0.906. The molecular formula is C11H15N3. The number of para-hydroxylation sites is 1. The van der Waals surface area contributed by atoms with Gasteiger partial charge < -0.3 is 10.6 Å². The summed E-state index contributed by atoms with van der Waals surface area (Å²) in [5.74, 6) is 0. The third kappa shape index (κ3) is 2.17. The predicted molar refractivity (Wildman–Crippen MR) is 59.1 cm³/mol. The van der Waals surface area contributed by atoms with Crippen LogP contribution in [0, 0.1) is 18.3 Å². The predicted octanol–water partition coefficient (Wildman–Crippen LogP) is 1.93. The smallest absolute Gasteiger partial charge is 0.0640 e. The molecule has 0 saturated heterocycles. The zero-order chi connectivity index (χ0) is 10.6. The summed E-state index contributed by atoms with van der Waals surface area (Å²) in [5, 5.41) is 8.48. The number of nitrogens with zero attached hydrogens (tertiary/aromatic N) is 2. The van der Waals surface area contributed by atoms with Gasteiger partial charge in [0.1, 0.15) is 0 Å². The van der Waals surface area contributed by atoms with Crippen LogP contribution in [0.4, 0.5) is 11.4 Å². The van der Waals surface area contributed by atoms with Gasteiger partial charge in [-0.05, 0) is 18.6 Å². The molecule has 0 amide bonds. The van der Waals surface area contributed by atoms with E-state index in [1.807, 2.05) is 37.1 Å². The highest BCUT2D eigenvalue weighted by Gasteiger charge is 2.05. The molecule has 0 bridgehead atoms. The summed E-state index contributed by atoms with van der Waals surface area (Å²) in [6.07, 6.45) is 0.518. The van der Waals surface area contributed by atoms with E-state index in [4.69, 9.17) is 11.0 Å². The first-order valence-electron chi connectivity index (χ1n) is 4.60. The molecular weight excluding hydrogens is 174 g/mol. The lowest BCUT2D eigenvalue weighted by atomic mass is 10.1. The Hall–Kier alpha value is -1.69. The van der Waals surface area contributed by atoms with E-state index in [0.717, 1.165) is 16.9 Å². The topological polar surface area (TPSA) is 53.0 Å². The van der Waals surface area contributed by atoms with E-state index in [1.165, 1.54) is 0 Å². The average molecular weight is 189 g/mol. The van der Waals surface area contributed by atoms with Crippen molar-refractivity contribution >= 4 is 11.4 Å². The molecule has 0 heterocycles. The van der Waals surface area contributed by atoms with Gasteiger partial charge in [0.15, 0.2) is 0 Å². The summed E-state index contributed by atoms with van der Waals surface area (Å²) in [6.45, 7) is 2.70. The number of nitrogen functional groups attached to an aromatic ring is 1. The second kappa shape index (κ2) is 4.52. The van der Waals surface area contributed by atoms with E-state index in [0.29, 0.717) is 13.0 Å². The molecule has 0 atom stereocenters. The number of nitrogens with two attached hydrogens (primary N) is 1. The maximum Gasteiger partial charge on any atom is 0.0640 e. The molecule has 0 spiro atoms. The molecule has 0 fully saturated rings. The second-order valence-corrected chi connectivity index (χ2v) is 3.34. The largest absolute Gasteiger partial charge is 0.397 e. The summed E-state index contributed by atoms with van der Waals surface area (Å²) >= 11 is 0. The summed E-state index contributed by atoms with van der Waals surface area (Å²) in [6, 6.07) is 8.05. The van der Waals surface area contributed by atoms with Crippen molar-refractivity contribution in [2.24, 2.45) is 0 Å². The van der Waals surface area contributed by atoms with Crippen LogP contribution in [0.5, 0.6) is 0 Å². The number of hydrogen-bond acceptors (Lipinski definition) is 3. The van der Waals surface area contributed by atoms with Crippen molar-refractivity contribution in [3.05, 3.63) is 23.8 Å². The lowest BCUT2D eigenvalue weighted by Crippen LogP contribution is -2.19. The number of benzene rings is 1. The Morgan fingerprint density at radius 3 is 2.86 bits per heavy atom. The second-order valence-electron chi connectivity index (χ2n) is 3.34. The first kappa shape index (κ1) is 10.4. The zero-order valence-electron chi connectivity index (χ0n) is 8.62. The van der Waals surface area contributed by atoms with E-state index < -0.39 is 0 Å². The molecule has 0 aromatic heterocycles. The van der Waals surface area contributed by atoms with Gasteiger partial charge in [-0.2, -0.15) is 5.26 Å². The molecule has 1 aromatic rings. The number of aryl methyl sites for hydroxylation is 1. The van der Waals surface area contributed by atoms with Crippen LogP contribution in [0.25, 0.3) is 0 Å². The Labute approximate surface area is 84.7 Å². The van der Waals surface area contributed by atoms with Gasteiger partial charge in [0, 0.05) is 13.6 Å². The third-order valence-electron chi connectivity index (χ3n) is 2.27. The van der Waals surface area contributed by atoms with Gasteiger partial charge >= 0.3 is 0 Å². The van der Waals surface area contributed by atoms with Gasteiger partial charge in [-0.15, -0.1) is 0 Å². The standard InChI is InChI=1S/C11H15N3/c1-9-5-3-6-10(11(9)13)14(2)8-4-7-12/h3,5-6H,4,8,13H2,1-2H3. The fraction of sp³-hybridized carbons (Fsp3) is 0.364. The van der Waals surface area contributed by atoms with Gasteiger partial charge in [0.05, 0.1) is 23.9 Å². The van der Waals surface area contributed by atoms with Crippen LogP contribution >= 0.6 is 0 Å². The molecule has 0 radical (unpaired) electrons. The Balaban J connectivity index is 2.85. The molecule has 0 saturated carbocycles. The minimum Gasteiger partial charge on any atom is -0.397 e. The number of hydrogen-bond donors (Lipinski definition) is 1. The maximum atomic E-state index is 8.48. The molecule has 1 rings (SSSR count). The SMILES string of the molecule is Cc1cccc(N(C)CCC#N)c1N. The van der Waals surface area contributed by atoms with E-state index in [9.17, 15) is 0 Å². The van der Waals surface area contributed by atoms with Crippen LogP contribution in [-0.4, -0.2) is 13.6 Å². The Kier molecular flexibility index (Phi) is 3.35. The molecule has 74 valence electrons. The molecule has 14 heavy (non-hydrogen) atoms. The van der Waals surface area contributed by atoms with Crippen molar-refractivity contribution in [3.63, 3.8) is 0 Å². The van der Waals surface area contributed by atoms with Crippen LogP contribution in [0.2, 0.25) is 0 Å². The van der Waals surface area contributed by atoms with Gasteiger partial charge in [0.25, 0.3) is 0 Å². The molecule has 1 aromatic carbocycles. The fourth-order valence-electron chi connectivity index (χ4n) is 1.34. The van der Waals surface area contributed by atoms with Crippen LogP contribution in [0.15, 0.2) is 18.2 Å². The third-order valence-corrected chi connectivity index (χ3v) is 2.27. The quantitative estimate of drug-likeness (QED) is 0.739. The van der Waals surface area contributed by atoms with Crippen LogP contribution in [0.3, 0.4) is 0 Å². The van der Waals surface area contributed by atoms with Crippen molar-refractivity contribution < 1.29 is 0 Å². The summed E-state index contributed by atoms with van der Waals surface area (Å²) in [7, 11) is 1.95. The van der Waals surface area contributed by atoms with Crippen LogP contribution in [0.1, 0.15) is 12.0 Å². The molecule has 0 aliphatic rings. The van der Waals surface area contributed by atoms with Gasteiger partial charge in [0.2, 0.25) is 0 Å². The van der Waals surface area contributed by atoms with Crippen LogP contribution < -0.4 is 10.6 Å². The highest BCUT2D eigenvalue weighted by molar-refractivity contribution is 5.70. The summed E-state index contributed by atoms with van der Waals surface area (Å²) in [4.78, 5) is 2.01. The molecule has 0 aliphatic carbocycles. The lowest BCUT2D eigenvalue weighted by Gasteiger charge is -2.20. The summed E-state index contributed by atoms with van der Waals surface area (Å²) < 4.78 is 0. The van der Waals surface area contributed by atoms with E-state index in [2.05, 4.69) is 6.07 Å². The minimum absolute atomic E-state index is 0.518. The summed E-state index contributed by atoms with van der Waals surface area (Å²) in [5.41, 5.74) is 8.81. The van der Waals surface area contributed by atoms with Crippen molar-refractivity contribution in [1.29, 1.82) is 5.26 Å². The first-order valence-corrected chi connectivity index (χ1v) is 4.60. The zero-order valence-corrected chi connectivity index (χ0v) is 8.62.